The van der Waals surface area contributed by atoms with Crippen LogP contribution >= 0.6 is 12.0 Å². The maximum atomic E-state index is 13.0. The van der Waals surface area contributed by atoms with E-state index < -0.39 is 27.2 Å². The lowest BCUT2D eigenvalue weighted by Gasteiger charge is -2.36. The van der Waals surface area contributed by atoms with Crippen molar-refractivity contribution in [3.63, 3.8) is 0 Å². The predicted octanol–water partition coefficient (Wildman–Crippen LogP) is -0.651. The highest BCUT2D eigenvalue weighted by atomic mass is 32.2. The summed E-state index contributed by atoms with van der Waals surface area (Å²) in [5.41, 5.74) is 1.21. The van der Waals surface area contributed by atoms with Crippen LogP contribution in [0.4, 0.5) is 47.1 Å². The zero-order chi connectivity index (χ0) is 56.6. The molecule has 2 aliphatic heterocycles. The number of rotatable bonds is 30. The highest BCUT2D eigenvalue weighted by molar-refractivity contribution is 7.94. The van der Waals surface area contributed by atoms with Gasteiger partial charge >= 0.3 is 0 Å². The van der Waals surface area contributed by atoms with E-state index in [1.54, 1.807) is 40.1 Å². The van der Waals surface area contributed by atoms with E-state index in [4.69, 9.17) is 19.6 Å². The van der Waals surface area contributed by atoms with Gasteiger partial charge in [0.15, 0.2) is 0 Å². The number of likely N-dealkylation sites (N-methyl/N-ethyl adjacent to an activating group) is 2. The minimum Gasteiger partial charge on any atom is -0.395 e. The number of hydrogen-bond acceptors (Lipinski definition) is 26. The molecule has 0 saturated carbocycles. The molecule has 78 heavy (non-hydrogen) atoms. The van der Waals surface area contributed by atoms with E-state index in [2.05, 4.69) is 45.4 Å². The van der Waals surface area contributed by atoms with Crippen molar-refractivity contribution in [2.75, 3.05) is 204 Å². The van der Waals surface area contributed by atoms with Crippen molar-refractivity contribution in [2.45, 2.75) is 22.0 Å². The number of aliphatic hydroxyl groups excluding tert-OH is 6. The van der Waals surface area contributed by atoms with Gasteiger partial charge in [0.25, 0.3) is 10.1 Å². The predicted molar refractivity (Wildman–Crippen MR) is 296 cm³/mol. The lowest BCUT2D eigenvalue weighted by Crippen LogP contribution is -2.52. The molecule has 28 nitrogen and oxygen atoms in total. The smallest absolute Gasteiger partial charge is 0.295 e. The average Bonchev–Trinajstić information content (AvgIpc) is 3.45. The van der Waals surface area contributed by atoms with Crippen LogP contribution in [-0.2, 0) is 19.5 Å². The standard InChI is InChI=1S/C48H76N16O12S2/c1-63(2,3)33-39(69)31-57-13-17-59(18-14-57)45-51-43(53-47(55-45)61(21-25-65)22-26-66)49-37-11-9-35(41(29-37)77-76-75-71)7-8-36-10-12-38(30-42(36)78(72,73)74)50-44-52-46(56-48(54-44)62(23-27-67)24-28-68)60-19-15-58(16-20-60)32-40(70)34-64(4,5)6/h7-12,29-30,39-40,65-70H,13-28,31-34H2,1-6H3,(H2-2,49,50,51,52,53,54,55,56,71,72,73,74)/p+2/b8-7+. The Bertz CT molecular complexity index is 2660. The summed E-state index contributed by atoms with van der Waals surface area (Å²) in [6.07, 6.45) is 2.02. The zero-order valence-electron chi connectivity index (χ0n) is 45.2. The van der Waals surface area contributed by atoms with Gasteiger partial charge in [-0.25, -0.2) is 5.26 Å². The van der Waals surface area contributed by atoms with Crippen LogP contribution in [0.25, 0.3) is 12.2 Å². The molecule has 2 aromatic carbocycles. The molecule has 432 valence electrons. The molecular weight excluding hydrogens is 1060 g/mol. The van der Waals surface area contributed by atoms with Crippen LogP contribution < -0.4 is 30.2 Å². The summed E-state index contributed by atoms with van der Waals surface area (Å²) in [7, 11) is 7.33. The molecule has 30 heteroatoms. The van der Waals surface area contributed by atoms with Crippen LogP contribution in [0, 0.1) is 0 Å². The van der Waals surface area contributed by atoms with Crippen LogP contribution in [0.1, 0.15) is 11.1 Å². The normalized spacial score (nSPS) is 16.0. The van der Waals surface area contributed by atoms with E-state index >= 15 is 0 Å². The molecule has 2 aromatic heterocycles. The fraction of sp³-hybridized carbons (Fsp3) is 0.583. The summed E-state index contributed by atoms with van der Waals surface area (Å²) in [6.45, 7) is 6.48. The molecule has 0 bridgehead atoms. The van der Waals surface area contributed by atoms with Gasteiger partial charge in [-0.3, -0.25) is 14.4 Å². The summed E-state index contributed by atoms with van der Waals surface area (Å²) in [5.74, 6) is 1.20. The van der Waals surface area contributed by atoms with Crippen LogP contribution in [-0.4, -0.2) is 283 Å². The second-order valence-corrected chi connectivity index (χ2v) is 23.1. The minimum absolute atomic E-state index is 0.0290. The summed E-state index contributed by atoms with van der Waals surface area (Å²) >= 11 is 0.642. The van der Waals surface area contributed by atoms with Gasteiger partial charge in [-0.1, -0.05) is 29.3 Å². The summed E-state index contributed by atoms with van der Waals surface area (Å²) in [4.78, 5) is 39.5. The zero-order valence-corrected chi connectivity index (χ0v) is 46.8. The second-order valence-electron chi connectivity index (χ2n) is 21.0. The van der Waals surface area contributed by atoms with E-state index in [-0.39, 0.29) is 87.7 Å². The molecule has 4 aromatic rings. The number of nitrogens with zero attached hydrogens (tertiary/aromatic N) is 14. The third-order valence-corrected chi connectivity index (χ3v) is 14.0. The number of benzene rings is 2. The largest absolute Gasteiger partial charge is 0.395 e. The van der Waals surface area contributed by atoms with Gasteiger partial charge in [-0.2, -0.15) is 38.3 Å². The topological polar surface area (TPSA) is 335 Å². The molecule has 2 fully saturated rings. The van der Waals surface area contributed by atoms with Crippen molar-refractivity contribution in [3.05, 3.63) is 47.5 Å². The molecular formula is C48H78N16O12S2+2. The lowest BCUT2D eigenvalue weighted by atomic mass is 10.1. The van der Waals surface area contributed by atoms with Crippen LogP contribution in [0.15, 0.2) is 46.2 Å². The quantitative estimate of drug-likeness (QED) is 0.00774. The number of β-amino-alcohol motifs (C(OH)–C–C–N with tert-alkyl or cyclic N) is 2. The summed E-state index contributed by atoms with van der Waals surface area (Å²) in [6, 6.07) is 9.27. The molecule has 2 unspecified atom stereocenters. The van der Waals surface area contributed by atoms with Crippen molar-refractivity contribution >= 4 is 81.4 Å². The fourth-order valence-electron chi connectivity index (χ4n) is 9.01. The Morgan fingerprint density at radius 1 is 0.628 bits per heavy atom. The van der Waals surface area contributed by atoms with E-state index in [1.807, 2.05) is 52.1 Å². The third kappa shape index (κ3) is 19.2. The summed E-state index contributed by atoms with van der Waals surface area (Å²) in [5, 5.41) is 80.1. The Kier molecular flexibility index (Phi) is 22.8. The lowest BCUT2D eigenvalue weighted by molar-refractivity contribution is -0.873. The van der Waals surface area contributed by atoms with Gasteiger partial charge in [-0.05, 0) is 35.4 Å². The number of hydrogen-bond donors (Lipinski definition) is 10. The van der Waals surface area contributed by atoms with Crippen molar-refractivity contribution in [2.24, 2.45) is 0 Å². The molecule has 6 rings (SSSR count). The SMILES string of the molecule is C[N+](C)(C)CC(O)CN1CCN(c2nc(Nc3ccc(/C=C/c4ccc(Nc5nc(N(CCO)CCO)nc(N6CCN(CC(O)C[N+](C)(C)C)CC6)n5)cc4S(=O)(=O)O)c(SOOO)c3)nc(N(CCO)CCO)n2)CC1. The van der Waals surface area contributed by atoms with Crippen LogP contribution in [0.2, 0.25) is 0 Å². The molecule has 10 N–H and O–H groups in total. The third-order valence-electron chi connectivity index (χ3n) is 12.4. The van der Waals surface area contributed by atoms with Gasteiger partial charge in [0.1, 0.15) is 30.2 Å². The number of aliphatic hydroxyl groups is 6. The Labute approximate surface area is 459 Å². The Balaban J connectivity index is 1.24. The number of anilines is 8. The van der Waals surface area contributed by atoms with E-state index in [9.17, 15) is 43.6 Å². The monoisotopic (exact) mass is 1130 g/mol. The van der Waals surface area contributed by atoms with Gasteiger partial charge in [-0.15, -0.1) is 4.33 Å². The number of piperazine rings is 2. The molecule has 2 saturated heterocycles. The van der Waals surface area contributed by atoms with Gasteiger partial charge in [0.2, 0.25) is 35.7 Å². The number of aromatic nitrogens is 6. The maximum Gasteiger partial charge on any atom is 0.295 e. The molecule has 2 atom stereocenters. The van der Waals surface area contributed by atoms with Gasteiger partial charge in [0.05, 0.1) is 80.8 Å². The van der Waals surface area contributed by atoms with E-state index in [0.717, 1.165) is 0 Å². The molecule has 0 aliphatic carbocycles. The van der Waals surface area contributed by atoms with Crippen molar-refractivity contribution in [3.8, 4) is 0 Å². The average molecular weight is 1140 g/mol. The first-order valence-corrected chi connectivity index (χ1v) is 27.7. The van der Waals surface area contributed by atoms with Crippen LogP contribution in [0.3, 0.4) is 0 Å². The second kappa shape index (κ2) is 28.8. The van der Waals surface area contributed by atoms with Gasteiger partial charge < -0.3 is 69.8 Å². The highest BCUT2D eigenvalue weighted by Crippen LogP contribution is 2.32. The van der Waals surface area contributed by atoms with Crippen molar-refractivity contribution in [1.29, 1.82) is 0 Å². The first-order chi connectivity index (χ1) is 37.1. The van der Waals surface area contributed by atoms with Crippen LogP contribution in [0.5, 0.6) is 0 Å². The van der Waals surface area contributed by atoms with Gasteiger partial charge in [0, 0.05) is 108 Å². The molecule has 0 spiro atoms. The number of nitrogens with one attached hydrogen (secondary N) is 2. The fourth-order valence-corrected chi connectivity index (χ4v) is 10.2. The van der Waals surface area contributed by atoms with E-state index in [1.165, 1.54) is 18.2 Å². The minimum atomic E-state index is -4.85. The first-order valence-electron chi connectivity index (χ1n) is 25.6. The van der Waals surface area contributed by atoms with E-state index in [0.29, 0.717) is 128 Å². The Morgan fingerprint density at radius 3 is 1.44 bits per heavy atom. The molecule has 0 amide bonds. The molecule has 4 heterocycles. The Morgan fingerprint density at radius 2 is 1.04 bits per heavy atom. The molecule has 2 aliphatic rings. The Hall–Kier alpha value is -5.26. The number of quaternary nitrogens is 2. The first kappa shape index (κ1) is 61.9. The van der Waals surface area contributed by atoms with Crippen molar-refractivity contribution in [1.82, 2.24) is 39.7 Å². The summed E-state index contributed by atoms with van der Waals surface area (Å²) < 4.78 is 42.6. The maximum absolute atomic E-state index is 13.0. The highest BCUT2D eigenvalue weighted by Gasteiger charge is 2.28. The molecule has 0 radical (unpaired) electrons. The van der Waals surface area contributed by atoms with Crippen molar-refractivity contribution < 1.29 is 67.2 Å².